The summed E-state index contributed by atoms with van der Waals surface area (Å²) in [5.74, 6) is 0. The van der Waals surface area contributed by atoms with E-state index in [0.717, 1.165) is 17.4 Å². The third-order valence-electron chi connectivity index (χ3n) is 1.57. The van der Waals surface area contributed by atoms with Crippen LogP contribution in [0.25, 0.3) is 5.57 Å². The molecule has 0 unspecified atom stereocenters. The SMILES string of the molecule is C/C(=C\CCBr)c1cn(C)nn1. The van der Waals surface area contributed by atoms with Crippen molar-refractivity contribution in [2.24, 2.45) is 7.05 Å². The van der Waals surface area contributed by atoms with Gasteiger partial charge < -0.3 is 0 Å². The van der Waals surface area contributed by atoms with Gasteiger partial charge in [0.1, 0.15) is 5.69 Å². The van der Waals surface area contributed by atoms with Gasteiger partial charge in [0, 0.05) is 12.4 Å². The molecule has 0 aliphatic heterocycles. The summed E-state index contributed by atoms with van der Waals surface area (Å²) in [5, 5.41) is 8.85. The zero-order valence-corrected chi connectivity index (χ0v) is 8.87. The minimum atomic E-state index is 0.957. The summed E-state index contributed by atoms with van der Waals surface area (Å²) >= 11 is 3.37. The number of nitrogens with zero attached hydrogens (tertiary/aromatic N) is 3. The van der Waals surface area contributed by atoms with Crippen LogP contribution in [0.3, 0.4) is 0 Å². The van der Waals surface area contributed by atoms with Crippen molar-refractivity contribution in [2.45, 2.75) is 13.3 Å². The molecule has 0 saturated carbocycles. The Hall–Kier alpha value is -0.640. The maximum Gasteiger partial charge on any atom is 0.108 e. The number of halogens is 1. The van der Waals surface area contributed by atoms with Crippen molar-refractivity contribution >= 4 is 21.5 Å². The predicted octanol–water partition coefficient (Wildman–Crippen LogP) is 2.00. The highest BCUT2D eigenvalue weighted by molar-refractivity contribution is 9.09. The molecule has 0 fully saturated rings. The zero-order valence-electron chi connectivity index (χ0n) is 7.29. The molecule has 12 heavy (non-hydrogen) atoms. The first-order chi connectivity index (χ1) is 5.74. The van der Waals surface area contributed by atoms with Crippen LogP contribution in [0.4, 0.5) is 0 Å². The van der Waals surface area contributed by atoms with Crippen LogP contribution in [0, 0.1) is 0 Å². The molecule has 4 heteroatoms. The van der Waals surface area contributed by atoms with E-state index < -0.39 is 0 Å². The second-order valence-corrected chi connectivity index (χ2v) is 3.44. The first-order valence-electron chi connectivity index (χ1n) is 3.83. The van der Waals surface area contributed by atoms with E-state index in [2.05, 4.69) is 32.3 Å². The fraction of sp³-hybridized carbons (Fsp3) is 0.500. The first-order valence-corrected chi connectivity index (χ1v) is 4.95. The van der Waals surface area contributed by atoms with Crippen LogP contribution in [0.2, 0.25) is 0 Å². The number of rotatable bonds is 3. The smallest absolute Gasteiger partial charge is 0.108 e. The molecule has 0 amide bonds. The van der Waals surface area contributed by atoms with E-state index >= 15 is 0 Å². The van der Waals surface area contributed by atoms with Crippen LogP contribution in [0.5, 0.6) is 0 Å². The molecule has 1 aromatic heterocycles. The fourth-order valence-electron chi connectivity index (χ4n) is 0.904. The molecule has 0 bridgehead atoms. The Morgan fingerprint density at radius 3 is 3.00 bits per heavy atom. The molecule has 1 heterocycles. The third-order valence-corrected chi connectivity index (χ3v) is 2.02. The largest absolute Gasteiger partial charge is 0.255 e. The molecule has 0 aliphatic carbocycles. The lowest BCUT2D eigenvalue weighted by molar-refractivity contribution is 0.714. The number of hydrogen-bond acceptors (Lipinski definition) is 2. The lowest BCUT2D eigenvalue weighted by Gasteiger charge is -1.92. The van der Waals surface area contributed by atoms with Crippen molar-refractivity contribution in [1.82, 2.24) is 15.0 Å². The lowest BCUT2D eigenvalue weighted by atomic mass is 10.2. The number of aryl methyl sites for hydroxylation is 1. The molecule has 0 aromatic carbocycles. The van der Waals surface area contributed by atoms with E-state index in [1.807, 2.05) is 20.2 Å². The molecule has 1 rings (SSSR count). The summed E-state index contributed by atoms with van der Waals surface area (Å²) in [7, 11) is 1.87. The molecule has 1 aromatic rings. The molecule has 0 spiro atoms. The van der Waals surface area contributed by atoms with Crippen molar-refractivity contribution < 1.29 is 0 Å². The Kier molecular flexibility index (Phi) is 3.47. The van der Waals surface area contributed by atoms with E-state index in [0.29, 0.717) is 0 Å². The molecule has 0 radical (unpaired) electrons. The molecule has 0 N–H and O–H groups in total. The minimum Gasteiger partial charge on any atom is -0.255 e. The Morgan fingerprint density at radius 2 is 2.50 bits per heavy atom. The molecule has 0 aliphatic rings. The van der Waals surface area contributed by atoms with Gasteiger partial charge in [0.25, 0.3) is 0 Å². The third kappa shape index (κ3) is 2.44. The van der Waals surface area contributed by atoms with Gasteiger partial charge in [-0.05, 0) is 18.9 Å². The second kappa shape index (κ2) is 4.40. The van der Waals surface area contributed by atoms with Crippen molar-refractivity contribution in [2.75, 3.05) is 5.33 Å². The van der Waals surface area contributed by atoms with Gasteiger partial charge >= 0.3 is 0 Å². The summed E-state index contributed by atoms with van der Waals surface area (Å²) in [5.41, 5.74) is 2.14. The van der Waals surface area contributed by atoms with Crippen molar-refractivity contribution in [3.63, 3.8) is 0 Å². The zero-order chi connectivity index (χ0) is 8.97. The topological polar surface area (TPSA) is 30.7 Å². The number of hydrogen-bond donors (Lipinski definition) is 0. The van der Waals surface area contributed by atoms with Gasteiger partial charge in [-0.3, -0.25) is 4.68 Å². The van der Waals surface area contributed by atoms with Crippen molar-refractivity contribution in [3.8, 4) is 0 Å². The van der Waals surface area contributed by atoms with E-state index in [4.69, 9.17) is 0 Å². The van der Waals surface area contributed by atoms with Gasteiger partial charge in [-0.15, -0.1) is 5.10 Å². The monoisotopic (exact) mass is 229 g/mol. The lowest BCUT2D eigenvalue weighted by Crippen LogP contribution is -1.85. The van der Waals surface area contributed by atoms with Crippen LogP contribution >= 0.6 is 15.9 Å². The normalized spacial score (nSPS) is 12.1. The quantitative estimate of drug-likeness (QED) is 0.743. The van der Waals surface area contributed by atoms with Gasteiger partial charge in [0.15, 0.2) is 0 Å². The number of alkyl halides is 1. The Morgan fingerprint density at radius 1 is 1.75 bits per heavy atom. The Balaban J connectivity index is 2.70. The minimum absolute atomic E-state index is 0.957. The van der Waals surface area contributed by atoms with Crippen LogP contribution in [-0.4, -0.2) is 20.3 Å². The maximum atomic E-state index is 4.00. The van der Waals surface area contributed by atoms with Crippen LogP contribution in [0.1, 0.15) is 19.0 Å². The van der Waals surface area contributed by atoms with E-state index in [1.165, 1.54) is 5.57 Å². The first kappa shape index (κ1) is 9.45. The van der Waals surface area contributed by atoms with E-state index in [9.17, 15) is 0 Å². The van der Waals surface area contributed by atoms with Crippen LogP contribution < -0.4 is 0 Å². The predicted molar refractivity (Wildman–Crippen MR) is 53.1 cm³/mol. The molecule has 0 saturated heterocycles. The number of allylic oxidation sites excluding steroid dienone is 2. The molecule has 0 atom stereocenters. The molecule has 66 valence electrons. The Bertz CT molecular complexity index is 278. The van der Waals surface area contributed by atoms with Crippen LogP contribution in [-0.2, 0) is 7.05 Å². The van der Waals surface area contributed by atoms with Gasteiger partial charge in [-0.25, -0.2) is 0 Å². The highest BCUT2D eigenvalue weighted by Gasteiger charge is 1.98. The van der Waals surface area contributed by atoms with Crippen LogP contribution in [0.15, 0.2) is 12.3 Å². The summed E-state index contributed by atoms with van der Waals surface area (Å²) in [6.07, 6.45) is 5.10. The summed E-state index contributed by atoms with van der Waals surface area (Å²) < 4.78 is 1.71. The fourth-order valence-corrected chi connectivity index (χ4v) is 1.13. The van der Waals surface area contributed by atoms with Gasteiger partial charge in [-0.2, -0.15) is 0 Å². The average Bonchev–Trinajstić information content (AvgIpc) is 2.47. The highest BCUT2D eigenvalue weighted by atomic mass is 79.9. The van der Waals surface area contributed by atoms with E-state index in [1.54, 1.807) is 4.68 Å². The van der Waals surface area contributed by atoms with Gasteiger partial charge in [-0.1, -0.05) is 27.2 Å². The maximum absolute atomic E-state index is 4.00. The number of aromatic nitrogens is 3. The molecular weight excluding hydrogens is 218 g/mol. The summed E-state index contributed by atoms with van der Waals surface area (Å²) in [6, 6.07) is 0. The average molecular weight is 230 g/mol. The van der Waals surface area contributed by atoms with Gasteiger partial charge in [0.2, 0.25) is 0 Å². The highest BCUT2D eigenvalue weighted by Crippen LogP contribution is 2.10. The second-order valence-electron chi connectivity index (χ2n) is 2.64. The molecular formula is C8H12BrN3. The van der Waals surface area contributed by atoms with E-state index in [-0.39, 0.29) is 0 Å². The van der Waals surface area contributed by atoms with Crippen molar-refractivity contribution in [1.29, 1.82) is 0 Å². The standard InChI is InChI=1S/C8H12BrN3/c1-7(4-3-5-9)8-6-12(2)11-10-8/h4,6H,3,5H2,1-2H3/b7-4+. The molecule has 3 nitrogen and oxygen atoms in total. The van der Waals surface area contributed by atoms with Gasteiger partial charge in [0.05, 0.1) is 6.20 Å². The van der Waals surface area contributed by atoms with Crippen molar-refractivity contribution in [3.05, 3.63) is 18.0 Å². The summed E-state index contributed by atoms with van der Waals surface area (Å²) in [6.45, 7) is 2.05. The Labute approximate surface area is 80.6 Å². The summed E-state index contributed by atoms with van der Waals surface area (Å²) in [4.78, 5) is 0.